The van der Waals surface area contributed by atoms with Gasteiger partial charge in [-0.05, 0) is 89.7 Å². The molecule has 4 aromatic rings. The van der Waals surface area contributed by atoms with E-state index in [4.69, 9.17) is 28.5 Å². The molecule has 2 unspecified atom stereocenters. The average Bonchev–Trinajstić information content (AvgIpc) is 3.75. The molecule has 0 saturated carbocycles. The number of aliphatic hydroxyl groups excluding tert-OH is 4. The third kappa shape index (κ3) is 9.54. The molecular weight excluding hydrogens is 734 g/mol. The monoisotopic (exact) mass is 785 g/mol. The van der Waals surface area contributed by atoms with Gasteiger partial charge in [0.15, 0.2) is 17.6 Å². The highest BCUT2D eigenvalue weighted by Crippen LogP contribution is 2.43. The molecule has 0 fully saturated rings. The predicted molar refractivity (Wildman–Crippen MR) is 212 cm³/mol. The minimum atomic E-state index is -0.451. The molecule has 2 aliphatic heterocycles. The van der Waals surface area contributed by atoms with Crippen molar-refractivity contribution in [3.63, 3.8) is 0 Å². The highest BCUT2D eigenvalue weighted by molar-refractivity contribution is 6.02. The number of methoxy groups -OCH3 is 3. The van der Waals surface area contributed by atoms with E-state index in [-0.39, 0.29) is 32.3 Å². The molecule has 6 N–H and O–H groups in total. The SMILES string of the molecule is COc1ccc2c(c1)C(=O)NC(c1ccc(OCCCCCCCOc3c(OC)cc(C4CC(c5cc(CO)c(CO)c(CO)c5)=NO4)cc3OC)c(CO)c1)N2. The number of benzene rings is 4. The Bertz CT molecular complexity index is 2000. The van der Waals surface area contributed by atoms with Crippen molar-refractivity contribution in [3.05, 3.63) is 105 Å². The predicted octanol–water partition coefficient (Wildman–Crippen LogP) is 5.81. The fourth-order valence-corrected chi connectivity index (χ4v) is 7.07. The summed E-state index contributed by atoms with van der Waals surface area (Å²) in [6, 6.07) is 18.1. The summed E-state index contributed by atoms with van der Waals surface area (Å²) >= 11 is 0. The Morgan fingerprint density at radius 2 is 1.35 bits per heavy atom. The van der Waals surface area contributed by atoms with Crippen LogP contribution >= 0.6 is 0 Å². The zero-order chi connectivity index (χ0) is 40.3. The zero-order valence-electron chi connectivity index (χ0n) is 32.5. The van der Waals surface area contributed by atoms with E-state index >= 15 is 0 Å². The Labute approximate surface area is 331 Å². The second-order valence-corrected chi connectivity index (χ2v) is 13.8. The van der Waals surface area contributed by atoms with Gasteiger partial charge in [-0.1, -0.05) is 30.5 Å². The van der Waals surface area contributed by atoms with Crippen LogP contribution in [0.1, 0.15) is 100 Å². The molecule has 2 aliphatic rings. The molecular formula is C43H51N3O11. The van der Waals surface area contributed by atoms with Crippen molar-refractivity contribution in [1.82, 2.24) is 5.32 Å². The molecule has 0 bridgehead atoms. The van der Waals surface area contributed by atoms with Gasteiger partial charge >= 0.3 is 0 Å². The lowest BCUT2D eigenvalue weighted by molar-refractivity contribution is 0.0852. The van der Waals surface area contributed by atoms with Crippen molar-refractivity contribution in [3.8, 4) is 28.7 Å². The Hall–Kier alpha value is -5.54. The molecule has 0 spiro atoms. The largest absolute Gasteiger partial charge is 0.497 e. The van der Waals surface area contributed by atoms with Gasteiger partial charge in [-0.25, -0.2) is 0 Å². The van der Waals surface area contributed by atoms with Crippen molar-refractivity contribution < 1.29 is 53.7 Å². The number of hydrogen-bond donors (Lipinski definition) is 6. The summed E-state index contributed by atoms with van der Waals surface area (Å²) in [5.74, 6) is 2.55. The maximum Gasteiger partial charge on any atom is 0.255 e. The average molecular weight is 786 g/mol. The number of carbonyl (C=O) groups excluding carboxylic acids is 1. The van der Waals surface area contributed by atoms with E-state index < -0.39 is 12.3 Å². The summed E-state index contributed by atoms with van der Waals surface area (Å²) in [6.07, 6.45) is 4.17. The molecule has 0 aliphatic carbocycles. The standard InChI is InChI=1S/C43H51N3O11/c1-52-32-10-11-35-33(20-32)43(51)45-42(44-35)26-9-12-37(31(15-26)24-49)55-13-7-5-4-6-8-14-56-41-39(53-2)18-28(19-40(41)54-3)38-21-36(46-57-38)27-16-29(22-47)34(25-50)30(17-27)23-48/h9-12,15-20,38,42,44,47-50H,4-8,13-14,21-25H2,1-3H3,(H,45,51). The Morgan fingerprint density at radius 1 is 0.684 bits per heavy atom. The highest BCUT2D eigenvalue weighted by Gasteiger charge is 2.29. The van der Waals surface area contributed by atoms with Crippen molar-refractivity contribution in [2.45, 2.75) is 77.2 Å². The van der Waals surface area contributed by atoms with Gasteiger partial charge in [0, 0.05) is 28.8 Å². The first-order valence-corrected chi connectivity index (χ1v) is 19.0. The maximum absolute atomic E-state index is 12.8. The van der Waals surface area contributed by atoms with Crippen molar-refractivity contribution >= 4 is 17.3 Å². The topological polar surface area (TPSA) is 190 Å². The molecule has 1 amide bonds. The number of unbranched alkanes of at least 4 members (excludes halogenated alkanes) is 4. The van der Waals surface area contributed by atoms with Gasteiger partial charge in [0.2, 0.25) is 5.75 Å². The molecule has 304 valence electrons. The van der Waals surface area contributed by atoms with E-state index in [1.54, 1.807) is 45.6 Å². The Morgan fingerprint density at radius 3 is 1.98 bits per heavy atom. The van der Waals surface area contributed by atoms with Crippen LogP contribution in [0.2, 0.25) is 0 Å². The van der Waals surface area contributed by atoms with Crippen LogP contribution in [-0.2, 0) is 31.3 Å². The van der Waals surface area contributed by atoms with Gasteiger partial charge in [-0.3, -0.25) is 4.79 Å². The molecule has 6 rings (SSSR count). The molecule has 2 heterocycles. The van der Waals surface area contributed by atoms with Crippen LogP contribution in [0.15, 0.2) is 65.8 Å². The number of ether oxygens (including phenoxy) is 5. The third-order valence-electron chi connectivity index (χ3n) is 10.2. The van der Waals surface area contributed by atoms with Crippen LogP contribution in [0.25, 0.3) is 0 Å². The van der Waals surface area contributed by atoms with Crippen LogP contribution in [-0.4, -0.2) is 66.6 Å². The van der Waals surface area contributed by atoms with Crippen LogP contribution in [0.5, 0.6) is 28.7 Å². The summed E-state index contributed by atoms with van der Waals surface area (Å²) < 4.78 is 28.8. The normalized spacial score (nSPS) is 15.8. The molecule has 0 aromatic heterocycles. The number of nitrogens with one attached hydrogen (secondary N) is 2. The molecule has 0 saturated heterocycles. The first-order chi connectivity index (χ1) is 27.8. The first kappa shape index (κ1) is 41.1. The summed E-state index contributed by atoms with van der Waals surface area (Å²) in [4.78, 5) is 18.6. The van der Waals surface area contributed by atoms with Gasteiger partial charge in [0.05, 0.1) is 72.2 Å². The first-order valence-electron chi connectivity index (χ1n) is 19.0. The fourth-order valence-electron chi connectivity index (χ4n) is 7.07. The molecule has 0 radical (unpaired) electrons. The second kappa shape index (κ2) is 19.6. The number of rotatable bonds is 20. The minimum absolute atomic E-state index is 0.194. The van der Waals surface area contributed by atoms with Crippen LogP contribution in [0, 0.1) is 0 Å². The van der Waals surface area contributed by atoms with Crippen molar-refractivity contribution in [2.24, 2.45) is 5.16 Å². The van der Waals surface area contributed by atoms with E-state index in [0.717, 1.165) is 43.2 Å². The summed E-state index contributed by atoms with van der Waals surface area (Å²) in [7, 11) is 4.70. The van der Waals surface area contributed by atoms with Gasteiger partial charge < -0.3 is 59.6 Å². The molecule has 14 heteroatoms. The van der Waals surface area contributed by atoms with Crippen LogP contribution < -0.4 is 34.3 Å². The fraction of sp³-hybridized carbons (Fsp3) is 0.395. The number of hydrogen-bond acceptors (Lipinski definition) is 13. The number of nitrogens with zero attached hydrogens (tertiary/aromatic N) is 1. The van der Waals surface area contributed by atoms with E-state index in [1.807, 2.05) is 36.4 Å². The van der Waals surface area contributed by atoms with Crippen molar-refractivity contribution in [2.75, 3.05) is 39.9 Å². The number of oxime groups is 1. The van der Waals surface area contributed by atoms with Gasteiger partial charge in [0.25, 0.3) is 5.91 Å². The number of amides is 1. The maximum atomic E-state index is 12.8. The van der Waals surface area contributed by atoms with Crippen LogP contribution in [0.3, 0.4) is 0 Å². The zero-order valence-corrected chi connectivity index (χ0v) is 32.5. The lowest BCUT2D eigenvalue weighted by Crippen LogP contribution is -2.38. The highest BCUT2D eigenvalue weighted by atomic mass is 16.6. The number of carbonyl (C=O) groups is 1. The molecule has 14 nitrogen and oxygen atoms in total. The van der Waals surface area contributed by atoms with Gasteiger partial charge in [-0.2, -0.15) is 0 Å². The summed E-state index contributed by atoms with van der Waals surface area (Å²) in [5, 5.41) is 50.1. The lowest BCUT2D eigenvalue weighted by Gasteiger charge is -2.29. The van der Waals surface area contributed by atoms with E-state index in [9.17, 15) is 25.2 Å². The quantitative estimate of drug-likeness (QED) is 0.0591. The summed E-state index contributed by atoms with van der Waals surface area (Å²) in [6.45, 7) is -0.0500. The van der Waals surface area contributed by atoms with Crippen molar-refractivity contribution in [1.29, 1.82) is 0 Å². The lowest BCUT2D eigenvalue weighted by atomic mass is 9.93. The van der Waals surface area contributed by atoms with E-state index in [0.29, 0.717) is 93.2 Å². The Kier molecular flexibility index (Phi) is 14.1. The van der Waals surface area contributed by atoms with Gasteiger partial charge in [-0.15, -0.1) is 0 Å². The molecule has 57 heavy (non-hydrogen) atoms. The number of aliphatic hydroxyl groups is 4. The van der Waals surface area contributed by atoms with Crippen LogP contribution in [0.4, 0.5) is 5.69 Å². The number of fused-ring (bicyclic) bond motifs is 1. The summed E-state index contributed by atoms with van der Waals surface area (Å²) in [5.41, 5.74) is 6.38. The van der Waals surface area contributed by atoms with Gasteiger partial charge in [0.1, 0.15) is 17.7 Å². The Balaban J connectivity index is 0.939. The van der Waals surface area contributed by atoms with E-state index in [1.165, 1.54) is 0 Å². The minimum Gasteiger partial charge on any atom is -0.497 e. The number of anilines is 1. The molecule has 2 atom stereocenters. The molecule has 4 aromatic carbocycles. The third-order valence-corrected chi connectivity index (χ3v) is 10.2. The smallest absolute Gasteiger partial charge is 0.255 e. The van der Waals surface area contributed by atoms with E-state index in [2.05, 4.69) is 15.8 Å². The second-order valence-electron chi connectivity index (χ2n) is 13.8.